The van der Waals surface area contributed by atoms with Gasteiger partial charge in [0.15, 0.2) is 0 Å². The van der Waals surface area contributed by atoms with Gasteiger partial charge in [0, 0.05) is 37.2 Å². The van der Waals surface area contributed by atoms with Crippen LogP contribution in [0, 0.1) is 18.3 Å². The van der Waals surface area contributed by atoms with Crippen molar-refractivity contribution in [1.82, 2.24) is 4.98 Å². The zero-order chi connectivity index (χ0) is 20.1. The van der Waals surface area contributed by atoms with Crippen molar-refractivity contribution in [3.05, 3.63) is 77.5 Å². The summed E-state index contributed by atoms with van der Waals surface area (Å²) in [4.78, 5) is 18.6. The zero-order valence-electron chi connectivity index (χ0n) is 15.9. The minimum Gasteiger partial charge on any atom is -0.438 e. The normalized spacial score (nSPS) is 10.1. The monoisotopic (exact) mass is 372 g/mol. The highest BCUT2D eigenvalue weighted by Crippen LogP contribution is 2.27. The van der Waals surface area contributed by atoms with Crippen molar-refractivity contribution in [2.24, 2.45) is 0 Å². The van der Waals surface area contributed by atoms with Gasteiger partial charge in [-0.05, 0) is 61.0 Å². The summed E-state index contributed by atoms with van der Waals surface area (Å²) in [6.07, 6.45) is 1.57. The first-order valence-corrected chi connectivity index (χ1v) is 8.70. The van der Waals surface area contributed by atoms with E-state index in [0.717, 1.165) is 11.3 Å². The van der Waals surface area contributed by atoms with Crippen LogP contribution in [0.4, 0.5) is 11.4 Å². The molecule has 6 nitrogen and oxygen atoms in total. The molecule has 0 aliphatic heterocycles. The Hall–Kier alpha value is -3.85. The van der Waals surface area contributed by atoms with Crippen molar-refractivity contribution < 1.29 is 9.53 Å². The second kappa shape index (κ2) is 8.23. The number of carbonyl (C=O) groups is 1. The Morgan fingerprint density at radius 3 is 2.68 bits per heavy atom. The highest BCUT2D eigenvalue weighted by molar-refractivity contribution is 6.05. The summed E-state index contributed by atoms with van der Waals surface area (Å²) in [5.41, 5.74) is 3.42. The third-order valence-electron chi connectivity index (χ3n) is 4.18. The van der Waals surface area contributed by atoms with Gasteiger partial charge in [-0.25, -0.2) is 4.98 Å². The molecule has 0 unspecified atom stereocenters. The van der Waals surface area contributed by atoms with Crippen LogP contribution in [-0.4, -0.2) is 25.0 Å². The zero-order valence-corrected chi connectivity index (χ0v) is 15.9. The number of amides is 1. The molecule has 2 aromatic carbocycles. The molecule has 140 valence electrons. The molecule has 0 radical (unpaired) electrons. The van der Waals surface area contributed by atoms with Gasteiger partial charge in [-0.2, -0.15) is 5.26 Å². The molecular weight excluding hydrogens is 352 g/mol. The number of nitrogens with one attached hydrogen (secondary N) is 1. The molecule has 0 saturated carbocycles. The van der Waals surface area contributed by atoms with E-state index in [1.165, 1.54) is 0 Å². The highest BCUT2D eigenvalue weighted by Gasteiger charge is 2.11. The lowest BCUT2D eigenvalue weighted by Crippen LogP contribution is -2.14. The van der Waals surface area contributed by atoms with Crippen LogP contribution in [0.2, 0.25) is 0 Å². The second-order valence-electron chi connectivity index (χ2n) is 6.45. The molecule has 1 heterocycles. The smallest absolute Gasteiger partial charge is 0.255 e. The minimum absolute atomic E-state index is 0.183. The summed E-state index contributed by atoms with van der Waals surface area (Å²) in [5, 5.41) is 12.1. The average Bonchev–Trinajstić information content (AvgIpc) is 2.70. The molecule has 6 heteroatoms. The van der Waals surface area contributed by atoms with E-state index in [1.54, 1.807) is 42.6 Å². The molecule has 0 atom stereocenters. The molecule has 0 spiro atoms. The number of nitriles is 1. The van der Waals surface area contributed by atoms with Gasteiger partial charge in [-0.15, -0.1) is 0 Å². The number of benzene rings is 2. The molecule has 0 saturated heterocycles. The van der Waals surface area contributed by atoms with Crippen LogP contribution >= 0.6 is 0 Å². The first kappa shape index (κ1) is 18.9. The average molecular weight is 372 g/mol. The Morgan fingerprint density at radius 2 is 1.96 bits per heavy atom. The number of carbonyl (C=O) groups excluding carboxylic acids is 1. The van der Waals surface area contributed by atoms with Crippen molar-refractivity contribution in [2.45, 2.75) is 6.92 Å². The van der Waals surface area contributed by atoms with Crippen LogP contribution in [0.25, 0.3) is 0 Å². The number of rotatable bonds is 5. The van der Waals surface area contributed by atoms with Crippen molar-refractivity contribution in [3.8, 4) is 17.7 Å². The van der Waals surface area contributed by atoms with Gasteiger partial charge < -0.3 is 15.0 Å². The lowest BCUT2D eigenvalue weighted by Gasteiger charge is -2.14. The van der Waals surface area contributed by atoms with Gasteiger partial charge in [0.05, 0.1) is 0 Å². The summed E-state index contributed by atoms with van der Waals surface area (Å²) in [6.45, 7) is 1.88. The van der Waals surface area contributed by atoms with Crippen LogP contribution in [0.5, 0.6) is 11.6 Å². The Labute approximate surface area is 164 Å². The molecule has 1 aromatic heterocycles. The first-order chi connectivity index (χ1) is 13.5. The fraction of sp³-hybridized carbons (Fsp3) is 0.136. The van der Waals surface area contributed by atoms with E-state index in [9.17, 15) is 4.79 Å². The van der Waals surface area contributed by atoms with Crippen molar-refractivity contribution in [1.29, 1.82) is 5.26 Å². The predicted molar refractivity (Wildman–Crippen MR) is 109 cm³/mol. The Balaban J connectivity index is 1.77. The molecule has 1 N–H and O–H groups in total. The summed E-state index contributed by atoms with van der Waals surface area (Å²) in [6, 6.07) is 18.1. The highest BCUT2D eigenvalue weighted by atomic mass is 16.5. The van der Waals surface area contributed by atoms with Crippen molar-refractivity contribution in [2.75, 3.05) is 24.3 Å². The summed E-state index contributed by atoms with van der Waals surface area (Å²) in [7, 11) is 3.86. The Kier molecular flexibility index (Phi) is 5.56. The third-order valence-corrected chi connectivity index (χ3v) is 4.18. The van der Waals surface area contributed by atoms with Gasteiger partial charge in [-0.1, -0.05) is 6.07 Å². The summed E-state index contributed by atoms with van der Waals surface area (Å²) in [5.74, 6) is 0.610. The van der Waals surface area contributed by atoms with Crippen LogP contribution in [0.1, 0.15) is 21.5 Å². The number of pyridine rings is 1. The summed E-state index contributed by atoms with van der Waals surface area (Å²) < 4.78 is 5.72. The van der Waals surface area contributed by atoms with E-state index >= 15 is 0 Å². The molecular formula is C22H20N4O2. The number of aryl methyl sites for hydroxylation is 1. The largest absolute Gasteiger partial charge is 0.438 e. The topological polar surface area (TPSA) is 78.2 Å². The molecule has 1 amide bonds. The van der Waals surface area contributed by atoms with Crippen LogP contribution < -0.4 is 15.0 Å². The van der Waals surface area contributed by atoms with Crippen LogP contribution in [0.15, 0.2) is 60.8 Å². The molecule has 3 aromatic rings. The standard InChI is InChI=1S/C22H20N4O2/c1-15-12-19(28-22-17(14-23)7-5-11-24-22)9-10-20(15)25-21(27)16-6-4-8-18(13-16)26(2)3/h4-13H,1-3H3,(H,25,27). The van der Waals surface area contributed by atoms with Gasteiger partial charge in [-0.3, -0.25) is 4.79 Å². The Morgan fingerprint density at radius 1 is 1.14 bits per heavy atom. The maximum absolute atomic E-state index is 12.6. The fourth-order valence-corrected chi connectivity index (χ4v) is 2.63. The number of aromatic nitrogens is 1. The molecule has 3 rings (SSSR count). The second-order valence-corrected chi connectivity index (χ2v) is 6.45. The van der Waals surface area contributed by atoms with Gasteiger partial charge in [0.1, 0.15) is 17.4 Å². The first-order valence-electron chi connectivity index (χ1n) is 8.70. The quantitative estimate of drug-likeness (QED) is 0.719. The van der Waals surface area contributed by atoms with E-state index < -0.39 is 0 Å². The van der Waals surface area contributed by atoms with E-state index in [4.69, 9.17) is 10.00 Å². The lowest BCUT2D eigenvalue weighted by atomic mass is 10.1. The number of ether oxygens (including phenoxy) is 1. The van der Waals surface area contributed by atoms with Gasteiger partial charge >= 0.3 is 0 Å². The Bertz CT molecular complexity index is 1050. The number of hydrogen-bond donors (Lipinski definition) is 1. The number of anilines is 2. The molecule has 0 aliphatic carbocycles. The van der Waals surface area contributed by atoms with E-state index in [-0.39, 0.29) is 11.8 Å². The van der Waals surface area contributed by atoms with Gasteiger partial charge in [0.2, 0.25) is 5.88 Å². The number of nitrogens with zero attached hydrogens (tertiary/aromatic N) is 3. The SMILES string of the molecule is Cc1cc(Oc2ncccc2C#N)ccc1NC(=O)c1cccc(N(C)C)c1. The van der Waals surface area contributed by atoms with Gasteiger partial charge in [0.25, 0.3) is 5.91 Å². The molecule has 0 fully saturated rings. The third kappa shape index (κ3) is 4.27. The van der Waals surface area contributed by atoms with Crippen LogP contribution in [0.3, 0.4) is 0 Å². The maximum Gasteiger partial charge on any atom is 0.255 e. The minimum atomic E-state index is -0.183. The van der Waals surface area contributed by atoms with E-state index in [0.29, 0.717) is 22.6 Å². The van der Waals surface area contributed by atoms with Crippen molar-refractivity contribution in [3.63, 3.8) is 0 Å². The molecule has 0 bridgehead atoms. The van der Waals surface area contributed by atoms with Crippen LogP contribution in [-0.2, 0) is 0 Å². The number of hydrogen-bond acceptors (Lipinski definition) is 5. The maximum atomic E-state index is 12.6. The van der Waals surface area contributed by atoms with E-state index in [1.807, 2.05) is 44.1 Å². The van der Waals surface area contributed by atoms with Crippen molar-refractivity contribution >= 4 is 17.3 Å². The summed E-state index contributed by atoms with van der Waals surface area (Å²) >= 11 is 0. The fourth-order valence-electron chi connectivity index (χ4n) is 2.63. The lowest BCUT2D eigenvalue weighted by molar-refractivity contribution is 0.102. The molecule has 28 heavy (non-hydrogen) atoms. The van der Waals surface area contributed by atoms with E-state index in [2.05, 4.69) is 16.4 Å². The molecule has 0 aliphatic rings. The predicted octanol–water partition coefficient (Wildman–Crippen LogP) is 4.37.